The summed E-state index contributed by atoms with van der Waals surface area (Å²) in [6.07, 6.45) is 7.24. The number of carbonyl (C=O) groups excluding carboxylic acids is 1. The summed E-state index contributed by atoms with van der Waals surface area (Å²) < 4.78 is 1.50. The smallest absolute Gasteiger partial charge is 0.331 e. The molecule has 1 N–H and O–H groups in total. The number of hydrogen-bond donors (Lipinski definition) is 1. The van der Waals surface area contributed by atoms with Gasteiger partial charge in [0.1, 0.15) is 0 Å². The quantitative estimate of drug-likeness (QED) is 0.873. The fourth-order valence-corrected chi connectivity index (χ4v) is 3.00. The van der Waals surface area contributed by atoms with Gasteiger partial charge in [-0.15, -0.1) is 0 Å². The van der Waals surface area contributed by atoms with Crippen molar-refractivity contribution in [2.75, 3.05) is 13.1 Å². The summed E-state index contributed by atoms with van der Waals surface area (Å²) in [6.45, 7) is 0.786. The predicted molar refractivity (Wildman–Crippen MR) is 89.1 cm³/mol. The number of aromatic nitrogens is 2. The second-order valence-electron chi connectivity index (χ2n) is 5.86. The summed E-state index contributed by atoms with van der Waals surface area (Å²) in [5.74, 6) is -1.00. The van der Waals surface area contributed by atoms with Crippen LogP contribution in [-0.2, 0) is 15.1 Å². The number of rotatable bonds is 4. The minimum Gasteiger partial charge on any atom is -0.479 e. The zero-order chi connectivity index (χ0) is 17.0. The number of hydrogen-bond acceptors (Lipinski definition) is 3. The van der Waals surface area contributed by atoms with Crippen LogP contribution in [0.3, 0.4) is 0 Å². The Balaban J connectivity index is 1.67. The standard InChI is InChI=1S/C18H19N3O3/c22-16(8-7-15-5-2-1-3-6-15)20-13-9-18(10-14-20,17(23)24)21-12-4-11-19-21/h1-8,11-12H,9-10,13-14H2,(H,23,24). The van der Waals surface area contributed by atoms with Crippen molar-refractivity contribution in [3.05, 3.63) is 60.4 Å². The zero-order valence-electron chi connectivity index (χ0n) is 13.2. The van der Waals surface area contributed by atoms with E-state index < -0.39 is 11.5 Å². The highest BCUT2D eigenvalue weighted by Gasteiger charge is 2.44. The first-order valence-corrected chi connectivity index (χ1v) is 7.87. The van der Waals surface area contributed by atoms with Crippen molar-refractivity contribution in [1.29, 1.82) is 0 Å². The number of nitrogens with zero attached hydrogens (tertiary/aromatic N) is 3. The normalized spacial score (nSPS) is 17.1. The molecule has 124 valence electrons. The number of likely N-dealkylation sites (tertiary alicyclic amines) is 1. The highest BCUT2D eigenvalue weighted by atomic mass is 16.4. The minimum atomic E-state index is -1.07. The van der Waals surface area contributed by atoms with Crippen molar-refractivity contribution in [2.45, 2.75) is 18.4 Å². The summed E-state index contributed by atoms with van der Waals surface area (Å²) in [5, 5.41) is 13.8. The predicted octanol–water partition coefficient (Wildman–Crippen LogP) is 2.00. The summed E-state index contributed by atoms with van der Waals surface area (Å²) in [4.78, 5) is 25.8. The summed E-state index contributed by atoms with van der Waals surface area (Å²) >= 11 is 0. The number of aliphatic carboxylic acids is 1. The molecule has 0 unspecified atom stereocenters. The fraction of sp³-hybridized carbons (Fsp3) is 0.278. The number of benzene rings is 1. The van der Waals surface area contributed by atoms with Crippen LogP contribution >= 0.6 is 0 Å². The van der Waals surface area contributed by atoms with Gasteiger partial charge in [-0.05, 0) is 17.7 Å². The van der Waals surface area contributed by atoms with Crippen molar-refractivity contribution < 1.29 is 14.7 Å². The van der Waals surface area contributed by atoms with E-state index in [9.17, 15) is 14.7 Å². The van der Waals surface area contributed by atoms with Crippen LogP contribution in [0, 0.1) is 0 Å². The third-order valence-corrected chi connectivity index (χ3v) is 4.46. The summed E-state index contributed by atoms with van der Waals surface area (Å²) in [7, 11) is 0. The molecule has 6 heteroatoms. The number of carboxylic acids is 1. The molecule has 2 aromatic rings. The number of piperidine rings is 1. The zero-order valence-corrected chi connectivity index (χ0v) is 13.2. The highest BCUT2D eigenvalue weighted by Crippen LogP contribution is 2.30. The third kappa shape index (κ3) is 3.08. The van der Waals surface area contributed by atoms with E-state index in [2.05, 4.69) is 5.10 Å². The van der Waals surface area contributed by atoms with Gasteiger partial charge in [-0.3, -0.25) is 9.48 Å². The maximum Gasteiger partial charge on any atom is 0.331 e. The van der Waals surface area contributed by atoms with Gasteiger partial charge >= 0.3 is 5.97 Å². The van der Waals surface area contributed by atoms with Crippen LogP contribution in [0.1, 0.15) is 18.4 Å². The molecule has 24 heavy (non-hydrogen) atoms. The van der Waals surface area contributed by atoms with E-state index in [0.29, 0.717) is 25.9 Å². The fourth-order valence-electron chi connectivity index (χ4n) is 3.00. The molecular formula is C18H19N3O3. The SMILES string of the molecule is O=C(C=Cc1ccccc1)N1CCC(C(=O)O)(n2cccn2)CC1. The van der Waals surface area contributed by atoms with Crippen LogP contribution in [-0.4, -0.2) is 44.8 Å². The van der Waals surface area contributed by atoms with Gasteiger partial charge in [0.05, 0.1) is 0 Å². The van der Waals surface area contributed by atoms with Gasteiger partial charge < -0.3 is 10.0 Å². The van der Waals surface area contributed by atoms with Crippen molar-refractivity contribution in [2.24, 2.45) is 0 Å². The number of carbonyl (C=O) groups is 2. The maximum absolute atomic E-state index is 12.3. The highest BCUT2D eigenvalue weighted by molar-refractivity contribution is 5.92. The molecule has 2 heterocycles. The van der Waals surface area contributed by atoms with Gasteiger partial charge in [-0.2, -0.15) is 5.10 Å². The Morgan fingerprint density at radius 3 is 2.42 bits per heavy atom. The molecule has 1 aliphatic heterocycles. The van der Waals surface area contributed by atoms with E-state index in [0.717, 1.165) is 5.56 Å². The van der Waals surface area contributed by atoms with E-state index in [1.807, 2.05) is 30.3 Å². The van der Waals surface area contributed by atoms with Crippen LogP contribution in [0.5, 0.6) is 0 Å². The number of amides is 1. The van der Waals surface area contributed by atoms with Crippen molar-refractivity contribution in [1.82, 2.24) is 14.7 Å². The molecular weight excluding hydrogens is 306 g/mol. The Morgan fingerprint density at radius 1 is 1.12 bits per heavy atom. The molecule has 0 radical (unpaired) electrons. The molecule has 1 aromatic carbocycles. The first kappa shape index (κ1) is 16.0. The van der Waals surface area contributed by atoms with Crippen LogP contribution < -0.4 is 0 Å². The lowest BCUT2D eigenvalue weighted by molar-refractivity contribution is -0.152. The van der Waals surface area contributed by atoms with Crippen molar-refractivity contribution in [3.8, 4) is 0 Å². The molecule has 0 atom stereocenters. The molecule has 0 aliphatic carbocycles. The van der Waals surface area contributed by atoms with Gasteiger partial charge in [0.15, 0.2) is 5.54 Å². The molecule has 1 amide bonds. The van der Waals surface area contributed by atoms with Crippen molar-refractivity contribution >= 4 is 18.0 Å². The lowest BCUT2D eigenvalue weighted by Gasteiger charge is -2.38. The maximum atomic E-state index is 12.3. The van der Waals surface area contributed by atoms with Gasteiger partial charge in [-0.25, -0.2) is 4.79 Å². The Bertz CT molecular complexity index is 730. The van der Waals surface area contributed by atoms with E-state index in [4.69, 9.17) is 0 Å². The third-order valence-electron chi connectivity index (χ3n) is 4.46. The van der Waals surface area contributed by atoms with E-state index in [-0.39, 0.29) is 5.91 Å². The average molecular weight is 325 g/mol. The van der Waals surface area contributed by atoms with Crippen LogP contribution in [0.15, 0.2) is 54.9 Å². The van der Waals surface area contributed by atoms with E-state index >= 15 is 0 Å². The Kier molecular flexibility index (Phi) is 4.46. The van der Waals surface area contributed by atoms with Gasteiger partial charge in [0.25, 0.3) is 0 Å². The molecule has 6 nitrogen and oxygen atoms in total. The average Bonchev–Trinajstić information content (AvgIpc) is 3.15. The summed E-state index contributed by atoms with van der Waals surface area (Å²) in [5.41, 5.74) is -0.108. The van der Waals surface area contributed by atoms with Gasteiger partial charge in [-0.1, -0.05) is 30.3 Å². The van der Waals surface area contributed by atoms with Crippen LogP contribution in [0.4, 0.5) is 0 Å². The van der Waals surface area contributed by atoms with E-state index in [1.54, 1.807) is 29.4 Å². The largest absolute Gasteiger partial charge is 0.479 e. The lowest BCUT2D eigenvalue weighted by Crippen LogP contribution is -2.52. The molecule has 0 bridgehead atoms. The lowest BCUT2D eigenvalue weighted by atomic mass is 9.87. The Labute approximate surface area is 140 Å². The van der Waals surface area contributed by atoms with Crippen molar-refractivity contribution in [3.63, 3.8) is 0 Å². The number of carboxylic acid groups (broad SMARTS) is 1. The van der Waals surface area contributed by atoms with Gasteiger partial charge in [0.2, 0.25) is 5.91 Å². The molecule has 3 rings (SSSR count). The van der Waals surface area contributed by atoms with Gasteiger partial charge in [0, 0.05) is 44.4 Å². The second kappa shape index (κ2) is 6.70. The summed E-state index contributed by atoms with van der Waals surface area (Å²) in [6, 6.07) is 11.3. The molecule has 1 aliphatic rings. The first-order chi connectivity index (χ1) is 11.6. The Morgan fingerprint density at radius 2 is 1.83 bits per heavy atom. The molecule has 0 saturated carbocycles. The van der Waals surface area contributed by atoms with Crippen LogP contribution in [0.2, 0.25) is 0 Å². The molecule has 1 aromatic heterocycles. The van der Waals surface area contributed by atoms with Crippen LogP contribution in [0.25, 0.3) is 6.08 Å². The molecule has 1 saturated heterocycles. The molecule has 0 spiro atoms. The first-order valence-electron chi connectivity index (χ1n) is 7.87. The monoisotopic (exact) mass is 325 g/mol. The minimum absolute atomic E-state index is 0.0988. The topological polar surface area (TPSA) is 75.4 Å². The van der Waals surface area contributed by atoms with E-state index in [1.165, 1.54) is 10.8 Å². The second-order valence-corrected chi connectivity index (χ2v) is 5.86. The molecule has 1 fully saturated rings. The Hall–Kier alpha value is -2.89.